The first-order valence-electron chi connectivity index (χ1n) is 11.8. The Morgan fingerprint density at radius 2 is 1.86 bits per heavy atom. The van der Waals surface area contributed by atoms with Gasteiger partial charge in [-0.2, -0.15) is 0 Å². The first kappa shape index (κ1) is 23.3. The third kappa shape index (κ3) is 3.35. The number of aromatic nitrogens is 1. The predicted octanol–water partition coefficient (Wildman–Crippen LogP) is -0.252. The van der Waals surface area contributed by atoms with E-state index in [1.165, 1.54) is 6.26 Å². The van der Waals surface area contributed by atoms with Gasteiger partial charge in [0, 0.05) is 34.0 Å². The number of ether oxygens (including phenoxy) is 3. The van der Waals surface area contributed by atoms with E-state index in [-0.39, 0.29) is 29.8 Å². The second kappa shape index (κ2) is 8.51. The van der Waals surface area contributed by atoms with E-state index >= 15 is 0 Å². The number of pyridine rings is 1. The molecule has 1 aromatic carbocycles. The molecule has 0 bridgehead atoms. The van der Waals surface area contributed by atoms with Gasteiger partial charge in [0.1, 0.15) is 18.3 Å². The van der Waals surface area contributed by atoms with Crippen molar-refractivity contribution in [2.24, 2.45) is 11.8 Å². The number of hydrogen-bond acceptors (Lipinski definition) is 9. The van der Waals surface area contributed by atoms with Crippen LogP contribution in [0.3, 0.4) is 0 Å². The number of benzene rings is 1. The molecule has 0 saturated carbocycles. The van der Waals surface area contributed by atoms with E-state index < -0.39 is 43.1 Å². The summed E-state index contributed by atoms with van der Waals surface area (Å²) in [5.41, 5.74) is 2.30. The number of H-pyrrole nitrogens is 1. The first-order valence-corrected chi connectivity index (χ1v) is 11.8. The zero-order chi connectivity index (χ0) is 25.3. The van der Waals surface area contributed by atoms with Crippen molar-refractivity contribution >= 4 is 16.8 Å². The lowest BCUT2D eigenvalue weighted by Crippen LogP contribution is -2.59. The standard InChI is InChI=1S/C25H26N2O9/c1-2-10-12-7-16-17-13(18(28)11-5-3-4-6-15(11)26-17)8-27(16)22(32)14(12)9-34-24(10)36-25-21(31)19(29)20(30)23(33)35-25/h2-6,9-10,12,16,19-21,23-25,29-31,33H,1,7-8H2,(H,26,28)/t10-,12-,16-,19-,20-,21+,23-,24-,25-/m0/s1. The monoisotopic (exact) mass is 498 g/mol. The summed E-state index contributed by atoms with van der Waals surface area (Å²) >= 11 is 0. The highest BCUT2D eigenvalue weighted by Crippen LogP contribution is 2.48. The molecule has 0 aliphatic carbocycles. The lowest BCUT2D eigenvalue weighted by atomic mass is 9.76. The molecule has 5 heterocycles. The van der Waals surface area contributed by atoms with Crippen molar-refractivity contribution in [1.29, 1.82) is 0 Å². The lowest BCUT2D eigenvalue weighted by Gasteiger charge is -2.45. The maximum atomic E-state index is 13.5. The summed E-state index contributed by atoms with van der Waals surface area (Å²) in [4.78, 5) is 31.7. The third-order valence-corrected chi connectivity index (χ3v) is 7.66. The van der Waals surface area contributed by atoms with Crippen molar-refractivity contribution in [3.63, 3.8) is 0 Å². The van der Waals surface area contributed by atoms with E-state index in [2.05, 4.69) is 11.6 Å². The lowest BCUT2D eigenvalue weighted by molar-refractivity contribution is -0.368. The summed E-state index contributed by atoms with van der Waals surface area (Å²) in [6.07, 6.45) is -5.99. The zero-order valence-electron chi connectivity index (χ0n) is 19.1. The number of aliphatic hydroxyl groups is 4. The molecule has 9 atom stereocenters. The number of piperidine rings is 1. The minimum atomic E-state index is -1.77. The summed E-state index contributed by atoms with van der Waals surface area (Å²) < 4.78 is 16.6. The van der Waals surface area contributed by atoms with Crippen LogP contribution in [0.15, 0.2) is 53.6 Å². The van der Waals surface area contributed by atoms with Gasteiger partial charge in [-0.05, 0) is 18.6 Å². The number of para-hydroxylation sites is 1. The summed E-state index contributed by atoms with van der Waals surface area (Å²) in [6.45, 7) is 4.07. The number of nitrogens with zero attached hydrogens (tertiary/aromatic N) is 1. The van der Waals surface area contributed by atoms with Gasteiger partial charge in [-0.1, -0.05) is 18.2 Å². The molecule has 1 aromatic heterocycles. The molecular formula is C25H26N2O9. The Labute approximate surface area is 204 Å². The fourth-order valence-corrected chi connectivity index (χ4v) is 5.72. The van der Waals surface area contributed by atoms with Crippen molar-refractivity contribution in [2.45, 2.75) is 56.2 Å². The second-order valence-electron chi connectivity index (χ2n) is 9.58. The van der Waals surface area contributed by atoms with Crippen LogP contribution in [0.1, 0.15) is 23.7 Å². The zero-order valence-corrected chi connectivity index (χ0v) is 19.1. The summed E-state index contributed by atoms with van der Waals surface area (Å²) in [6, 6.07) is 6.87. The smallest absolute Gasteiger partial charge is 0.254 e. The number of fused-ring (bicyclic) bond motifs is 5. The Morgan fingerprint density at radius 3 is 2.64 bits per heavy atom. The first-order chi connectivity index (χ1) is 17.3. The largest absolute Gasteiger partial charge is 0.471 e. The quantitative estimate of drug-likeness (QED) is 0.359. The number of carbonyl (C=O) groups excluding carboxylic acids is 1. The fourth-order valence-electron chi connectivity index (χ4n) is 5.72. The molecule has 11 heteroatoms. The van der Waals surface area contributed by atoms with Crippen molar-refractivity contribution < 1.29 is 39.4 Å². The maximum Gasteiger partial charge on any atom is 0.254 e. The molecule has 2 saturated heterocycles. The maximum absolute atomic E-state index is 13.5. The topological polar surface area (TPSA) is 162 Å². The average molecular weight is 498 g/mol. The molecule has 36 heavy (non-hydrogen) atoms. The van der Waals surface area contributed by atoms with Crippen LogP contribution < -0.4 is 5.43 Å². The van der Waals surface area contributed by atoms with Gasteiger partial charge in [-0.15, -0.1) is 6.58 Å². The third-order valence-electron chi connectivity index (χ3n) is 7.66. The van der Waals surface area contributed by atoms with Gasteiger partial charge in [-0.3, -0.25) is 9.59 Å². The molecule has 5 N–H and O–H groups in total. The van der Waals surface area contributed by atoms with Gasteiger partial charge in [0.25, 0.3) is 5.91 Å². The van der Waals surface area contributed by atoms with Crippen molar-refractivity contribution in [3.8, 4) is 0 Å². The van der Waals surface area contributed by atoms with Crippen molar-refractivity contribution in [1.82, 2.24) is 9.88 Å². The number of carbonyl (C=O) groups is 1. The van der Waals surface area contributed by atoms with E-state index in [1.54, 1.807) is 23.1 Å². The van der Waals surface area contributed by atoms with Crippen LogP contribution in [0.5, 0.6) is 0 Å². The molecule has 4 aliphatic heterocycles. The van der Waals surface area contributed by atoms with Crippen LogP contribution in [-0.4, -0.2) is 73.4 Å². The fraction of sp³-hybridized carbons (Fsp3) is 0.440. The molecule has 0 radical (unpaired) electrons. The minimum Gasteiger partial charge on any atom is -0.471 e. The van der Waals surface area contributed by atoms with E-state index in [1.807, 2.05) is 12.1 Å². The molecule has 4 aliphatic rings. The van der Waals surface area contributed by atoms with Gasteiger partial charge in [0.2, 0.25) is 6.29 Å². The Kier molecular flexibility index (Phi) is 5.52. The van der Waals surface area contributed by atoms with Gasteiger partial charge in [0.15, 0.2) is 18.0 Å². The Morgan fingerprint density at radius 1 is 1.08 bits per heavy atom. The number of aromatic amines is 1. The molecule has 2 aromatic rings. The minimum absolute atomic E-state index is 0.0982. The van der Waals surface area contributed by atoms with Gasteiger partial charge >= 0.3 is 0 Å². The Hall–Kier alpha value is -3.06. The highest BCUT2D eigenvalue weighted by Gasteiger charge is 2.51. The average Bonchev–Trinajstić information content (AvgIpc) is 3.25. The number of hydrogen-bond donors (Lipinski definition) is 5. The van der Waals surface area contributed by atoms with Crippen molar-refractivity contribution in [3.05, 3.63) is 70.2 Å². The number of nitrogens with one attached hydrogen (secondary N) is 1. The molecular weight excluding hydrogens is 472 g/mol. The van der Waals surface area contributed by atoms with E-state index in [4.69, 9.17) is 14.2 Å². The van der Waals surface area contributed by atoms with Crippen LogP contribution in [0.4, 0.5) is 0 Å². The van der Waals surface area contributed by atoms with E-state index in [0.29, 0.717) is 34.2 Å². The summed E-state index contributed by atoms with van der Waals surface area (Å²) in [5.74, 6) is -1.18. The highest BCUT2D eigenvalue weighted by molar-refractivity contribution is 5.96. The van der Waals surface area contributed by atoms with E-state index in [0.717, 1.165) is 0 Å². The predicted molar refractivity (Wildman–Crippen MR) is 123 cm³/mol. The van der Waals surface area contributed by atoms with Crippen LogP contribution in [0, 0.1) is 11.8 Å². The summed E-state index contributed by atoms with van der Waals surface area (Å²) in [7, 11) is 0. The molecule has 1 amide bonds. The Bertz CT molecular complexity index is 1320. The van der Waals surface area contributed by atoms with E-state index in [9.17, 15) is 30.0 Å². The summed E-state index contributed by atoms with van der Waals surface area (Å²) in [5, 5.41) is 40.4. The number of aliphatic hydroxyl groups excluding tert-OH is 4. The van der Waals surface area contributed by atoms with Crippen LogP contribution >= 0.6 is 0 Å². The van der Waals surface area contributed by atoms with Gasteiger partial charge in [0.05, 0.1) is 24.4 Å². The molecule has 2 fully saturated rings. The molecule has 190 valence electrons. The second-order valence-corrected chi connectivity index (χ2v) is 9.58. The molecule has 0 unspecified atom stereocenters. The SMILES string of the molecule is C=C[C@@H]1[C@H](O[C@@H]2O[C@H](O)[C@@H](O)[C@H](O)[C@H]2O)OC=C2C(=O)N3Cc4c([nH]c5ccccc5c4=O)[C@@H]3C[C@H]21. The molecule has 6 rings (SSSR count). The normalized spacial score (nSPS) is 37.6. The van der Waals surface area contributed by atoms with Gasteiger partial charge in [-0.25, -0.2) is 0 Å². The van der Waals surface area contributed by atoms with Crippen molar-refractivity contribution in [2.75, 3.05) is 0 Å². The molecule has 0 spiro atoms. The van der Waals surface area contributed by atoms with Crippen LogP contribution in [-0.2, 0) is 25.5 Å². The number of rotatable bonds is 3. The van der Waals surface area contributed by atoms with Crippen LogP contribution in [0.2, 0.25) is 0 Å². The molecule has 11 nitrogen and oxygen atoms in total. The van der Waals surface area contributed by atoms with Crippen LogP contribution in [0.25, 0.3) is 10.9 Å². The number of amides is 1. The Balaban J connectivity index is 1.31. The highest BCUT2D eigenvalue weighted by atomic mass is 16.8. The van der Waals surface area contributed by atoms with Gasteiger partial charge < -0.3 is 44.5 Å².